The van der Waals surface area contributed by atoms with E-state index >= 15 is 0 Å². The topological polar surface area (TPSA) is 99.3 Å². The van der Waals surface area contributed by atoms with Crippen LogP contribution in [0.1, 0.15) is 59.8 Å². The second-order valence-electron chi connectivity index (χ2n) is 11.6. The highest BCUT2D eigenvalue weighted by atomic mass is 16.6. The molecule has 1 fully saturated rings. The Labute approximate surface area is 245 Å². The van der Waals surface area contributed by atoms with Crippen molar-refractivity contribution in [2.75, 3.05) is 33.9 Å². The molecular formula is C32H38N4O6. The molecule has 222 valence electrons. The Hall–Kier alpha value is -4.15. The molecule has 1 atom stereocenters. The molecule has 3 heterocycles. The fraction of sp³-hybridized carbons (Fsp3) is 0.406. The van der Waals surface area contributed by atoms with Gasteiger partial charge < -0.3 is 18.6 Å². The number of rotatable bonds is 7. The predicted molar refractivity (Wildman–Crippen MR) is 158 cm³/mol. The second-order valence-corrected chi connectivity index (χ2v) is 11.6. The number of piperazine rings is 1. The van der Waals surface area contributed by atoms with Crippen molar-refractivity contribution in [2.24, 2.45) is 0 Å². The second kappa shape index (κ2) is 12.0. The number of aryl methyl sites for hydroxylation is 1. The minimum Gasteiger partial charge on any atom is -0.496 e. The van der Waals surface area contributed by atoms with Crippen molar-refractivity contribution in [3.8, 4) is 5.75 Å². The van der Waals surface area contributed by atoms with Gasteiger partial charge in [-0.25, -0.2) is 14.6 Å². The molecule has 5 rings (SSSR count). The van der Waals surface area contributed by atoms with E-state index < -0.39 is 11.7 Å². The standard InChI is InChI=1S/C32H38N4O6/c1-21-17-27(39-5)25(24-11-13-36(29(21)24)31(38)42-32(2,3)4)18-35-15-14-34(20-28-33-12-16-41-28)19-26(35)22-7-9-23(10-8-22)30(37)40-6/h7-13,16-17,26H,14-15,18-20H2,1-6H3. The van der Waals surface area contributed by atoms with E-state index in [1.165, 1.54) is 7.11 Å². The Balaban J connectivity index is 1.50. The minimum absolute atomic E-state index is 0.00871. The Morgan fingerprint density at radius 2 is 1.83 bits per heavy atom. The van der Waals surface area contributed by atoms with Crippen LogP contribution in [0.2, 0.25) is 0 Å². The van der Waals surface area contributed by atoms with E-state index in [-0.39, 0.29) is 12.0 Å². The molecule has 0 aliphatic carbocycles. The number of ether oxygens (including phenoxy) is 3. The third-order valence-electron chi connectivity index (χ3n) is 7.54. The fourth-order valence-electron chi connectivity index (χ4n) is 5.58. The molecule has 0 radical (unpaired) electrons. The summed E-state index contributed by atoms with van der Waals surface area (Å²) in [6.45, 7) is 11.1. The largest absolute Gasteiger partial charge is 0.496 e. The average Bonchev–Trinajstić information content (AvgIpc) is 3.64. The van der Waals surface area contributed by atoms with Gasteiger partial charge in [0.05, 0.1) is 38.0 Å². The summed E-state index contributed by atoms with van der Waals surface area (Å²) in [5.41, 5.74) is 3.70. The summed E-state index contributed by atoms with van der Waals surface area (Å²) in [7, 11) is 3.05. The molecule has 0 amide bonds. The first-order chi connectivity index (χ1) is 20.1. The van der Waals surface area contributed by atoms with Crippen LogP contribution >= 0.6 is 0 Å². The van der Waals surface area contributed by atoms with Crippen molar-refractivity contribution in [1.82, 2.24) is 19.4 Å². The van der Waals surface area contributed by atoms with Crippen molar-refractivity contribution in [3.63, 3.8) is 0 Å². The smallest absolute Gasteiger partial charge is 0.419 e. The fourth-order valence-corrected chi connectivity index (χ4v) is 5.58. The quantitative estimate of drug-likeness (QED) is 0.262. The summed E-state index contributed by atoms with van der Waals surface area (Å²) in [5.74, 6) is 1.08. The maximum absolute atomic E-state index is 13.1. The minimum atomic E-state index is -0.613. The van der Waals surface area contributed by atoms with Crippen LogP contribution < -0.4 is 4.74 Å². The number of carbonyl (C=O) groups is 2. The number of oxazole rings is 1. The molecule has 2 aromatic heterocycles. The third-order valence-corrected chi connectivity index (χ3v) is 7.54. The van der Waals surface area contributed by atoms with E-state index in [0.717, 1.165) is 53.0 Å². The number of aromatic nitrogens is 2. The Morgan fingerprint density at radius 3 is 2.48 bits per heavy atom. The third kappa shape index (κ3) is 6.19. The van der Waals surface area contributed by atoms with Gasteiger partial charge in [-0.05, 0) is 63.1 Å². The Morgan fingerprint density at radius 1 is 1.07 bits per heavy atom. The molecular weight excluding hydrogens is 536 g/mol. The highest BCUT2D eigenvalue weighted by Gasteiger charge is 2.31. The van der Waals surface area contributed by atoms with Crippen LogP contribution in [0.25, 0.3) is 10.9 Å². The van der Waals surface area contributed by atoms with E-state index in [2.05, 4.69) is 14.8 Å². The molecule has 0 N–H and O–H groups in total. The van der Waals surface area contributed by atoms with Crippen LogP contribution in [0.15, 0.2) is 59.5 Å². The molecule has 1 aliphatic rings. The lowest BCUT2D eigenvalue weighted by Gasteiger charge is -2.41. The lowest BCUT2D eigenvalue weighted by atomic mass is 9.98. The molecule has 0 saturated carbocycles. The highest BCUT2D eigenvalue weighted by Crippen LogP contribution is 2.36. The molecule has 1 unspecified atom stereocenters. The lowest BCUT2D eigenvalue weighted by molar-refractivity contribution is 0.0542. The molecule has 1 aliphatic heterocycles. The van der Waals surface area contributed by atoms with Crippen LogP contribution in [0.4, 0.5) is 4.79 Å². The first-order valence-corrected chi connectivity index (χ1v) is 14.0. The summed E-state index contributed by atoms with van der Waals surface area (Å²) >= 11 is 0. The summed E-state index contributed by atoms with van der Waals surface area (Å²) in [4.78, 5) is 34.2. The van der Waals surface area contributed by atoms with Gasteiger partial charge in [0, 0.05) is 49.4 Å². The van der Waals surface area contributed by atoms with Crippen LogP contribution in [-0.2, 0) is 22.6 Å². The average molecular weight is 575 g/mol. The number of esters is 1. The molecule has 10 heteroatoms. The molecule has 0 bridgehead atoms. The van der Waals surface area contributed by atoms with Crippen molar-refractivity contribution in [3.05, 3.63) is 83.2 Å². The van der Waals surface area contributed by atoms with Gasteiger partial charge in [-0.15, -0.1) is 0 Å². The van der Waals surface area contributed by atoms with Crippen molar-refractivity contribution < 1.29 is 28.2 Å². The summed E-state index contributed by atoms with van der Waals surface area (Å²) in [6.07, 6.45) is 4.60. The Kier molecular flexibility index (Phi) is 8.38. The molecule has 0 spiro atoms. The SMILES string of the molecule is COC(=O)c1ccc(C2CN(Cc3ncco3)CCN2Cc2c(OC)cc(C)c3c2ccn3C(=O)OC(C)(C)C)cc1. The monoisotopic (exact) mass is 574 g/mol. The normalized spacial score (nSPS) is 16.5. The van der Waals surface area contributed by atoms with Crippen molar-refractivity contribution in [1.29, 1.82) is 0 Å². The van der Waals surface area contributed by atoms with Crippen LogP contribution in [0.5, 0.6) is 5.75 Å². The lowest BCUT2D eigenvalue weighted by Crippen LogP contribution is -2.47. The number of benzene rings is 2. The van der Waals surface area contributed by atoms with Crippen LogP contribution in [0, 0.1) is 6.92 Å². The van der Waals surface area contributed by atoms with Gasteiger partial charge >= 0.3 is 12.1 Å². The summed E-state index contributed by atoms with van der Waals surface area (Å²) < 4.78 is 23.6. The number of nitrogens with zero attached hydrogens (tertiary/aromatic N) is 4. The van der Waals surface area contributed by atoms with Gasteiger partial charge in [0.25, 0.3) is 0 Å². The first kappa shape index (κ1) is 29.3. The van der Waals surface area contributed by atoms with E-state index in [1.54, 1.807) is 42.5 Å². The van der Waals surface area contributed by atoms with Crippen molar-refractivity contribution in [2.45, 2.75) is 52.4 Å². The molecule has 4 aromatic rings. The molecule has 42 heavy (non-hydrogen) atoms. The Bertz CT molecular complexity index is 1550. The number of fused-ring (bicyclic) bond motifs is 1. The zero-order chi connectivity index (χ0) is 30.0. The van der Waals surface area contributed by atoms with Gasteiger partial charge in [-0.2, -0.15) is 0 Å². The predicted octanol–water partition coefficient (Wildman–Crippen LogP) is 5.58. The van der Waals surface area contributed by atoms with Gasteiger partial charge in [0.15, 0.2) is 0 Å². The maximum Gasteiger partial charge on any atom is 0.419 e. The van der Waals surface area contributed by atoms with Crippen LogP contribution in [-0.4, -0.2) is 70.9 Å². The van der Waals surface area contributed by atoms with E-state index in [4.69, 9.17) is 18.6 Å². The van der Waals surface area contributed by atoms with E-state index in [1.807, 2.05) is 52.0 Å². The van der Waals surface area contributed by atoms with Crippen LogP contribution in [0.3, 0.4) is 0 Å². The number of carbonyl (C=O) groups excluding carboxylic acids is 2. The van der Waals surface area contributed by atoms with Gasteiger partial charge in [-0.1, -0.05) is 12.1 Å². The molecule has 10 nitrogen and oxygen atoms in total. The van der Waals surface area contributed by atoms with Gasteiger partial charge in [-0.3, -0.25) is 14.4 Å². The highest BCUT2D eigenvalue weighted by molar-refractivity contribution is 5.95. The van der Waals surface area contributed by atoms with Gasteiger partial charge in [0.1, 0.15) is 17.6 Å². The maximum atomic E-state index is 13.1. The number of hydrogen-bond acceptors (Lipinski definition) is 9. The van der Waals surface area contributed by atoms with E-state index in [0.29, 0.717) is 24.5 Å². The summed E-state index contributed by atoms with van der Waals surface area (Å²) in [6, 6.07) is 11.5. The molecule has 1 saturated heterocycles. The first-order valence-electron chi connectivity index (χ1n) is 14.0. The zero-order valence-corrected chi connectivity index (χ0v) is 25.0. The van der Waals surface area contributed by atoms with Crippen molar-refractivity contribution >= 4 is 23.0 Å². The van der Waals surface area contributed by atoms with Gasteiger partial charge in [0.2, 0.25) is 5.89 Å². The zero-order valence-electron chi connectivity index (χ0n) is 25.0. The number of hydrogen-bond donors (Lipinski definition) is 0. The van der Waals surface area contributed by atoms with E-state index in [9.17, 15) is 9.59 Å². The number of methoxy groups -OCH3 is 2. The molecule has 2 aromatic carbocycles. The summed E-state index contributed by atoms with van der Waals surface area (Å²) in [5, 5.41) is 0.944.